The van der Waals surface area contributed by atoms with Crippen LogP contribution in [-0.2, 0) is 13.0 Å². The zero-order valence-electron chi connectivity index (χ0n) is 14.7. The number of carbonyl (C=O) groups excluding carboxylic acids is 1. The highest BCUT2D eigenvalue weighted by molar-refractivity contribution is 6.30. The molecule has 0 fully saturated rings. The van der Waals surface area contributed by atoms with Crippen LogP contribution < -0.4 is 10.1 Å². The highest BCUT2D eigenvalue weighted by Crippen LogP contribution is 2.16. The van der Waals surface area contributed by atoms with Gasteiger partial charge in [-0.3, -0.25) is 0 Å². The fraction of sp³-hybridized carbons (Fsp3) is 0.471. The summed E-state index contributed by atoms with van der Waals surface area (Å²) in [5.41, 5.74) is 0. The fourth-order valence-electron chi connectivity index (χ4n) is 1.92. The van der Waals surface area contributed by atoms with Gasteiger partial charge in [-0.05, 0) is 37.6 Å². The van der Waals surface area contributed by atoms with Crippen molar-refractivity contribution in [1.29, 1.82) is 0 Å². The van der Waals surface area contributed by atoms with Crippen LogP contribution in [0.4, 0.5) is 4.79 Å². The van der Waals surface area contributed by atoms with Gasteiger partial charge in [0.05, 0.1) is 0 Å². The highest BCUT2D eigenvalue weighted by atomic mass is 35.5. The molecule has 0 bridgehead atoms. The number of ether oxygens (including phenoxy) is 1. The fourth-order valence-corrected chi connectivity index (χ4v) is 2.04. The monoisotopic (exact) mass is 366 g/mol. The highest BCUT2D eigenvalue weighted by Gasteiger charge is 2.13. The molecule has 1 atom stereocenters. The smallest absolute Gasteiger partial charge is 0.317 e. The van der Waals surface area contributed by atoms with E-state index in [9.17, 15) is 4.79 Å². The summed E-state index contributed by atoms with van der Waals surface area (Å²) in [6.45, 7) is 4.67. The van der Waals surface area contributed by atoms with Crippen molar-refractivity contribution in [3.63, 3.8) is 0 Å². The van der Waals surface area contributed by atoms with E-state index in [0.717, 1.165) is 6.42 Å². The number of nitrogens with one attached hydrogen (secondary N) is 1. The van der Waals surface area contributed by atoms with Gasteiger partial charge in [0.25, 0.3) is 5.89 Å². The van der Waals surface area contributed by atoms with Gasteiger partial charge in [-0.25, -0.2) is 4.79 Å². The number of amides is 2. The van der Waals surface area contributed by atoms with Crippen LogP contribution in [0.2, 0.25) is 5.02 Å². The zero-order chi connectivity index (χ0) is 18.2. The van der Waals surface area contributed by atoms with Crippen molar-refractivity contribution in [2.45, 2.75) is 39.3 Å². The number of urea groups is 1. The molecule has 0 aliphatic carbocycles. The molecular formula is C17H23ClN4O3. The van der Waals surface area contributed by atoms with Gasteiger partial charge >= 0.3 is 6.03 Å². The molecule has 0 aliphatic rings. The lowest BCUT2D eigenvalue weighted by Crippen LogP contribution is -2.42. The Morgan fingerprint density at radius 2 is 2.12 bits per heavy atom. The molecule has 1 aromatic carbocycles. The maximum Gasteiger partial charge on any atom is 0.317 e. The Morgan fingerprint density at radius 1 is 1.40 bits per heavy atom. The van der Waals surface area contributed by atoms with Crippen molar-refractivity contribution < 1.29 is 14.1 Å². The minimum atomic E-state index is -0.107. The second-order valence-corrected chi connectivity index (χ2v) is 6.21. The van der Waals surface area contributed by atoms with Gasteiger partial charge in [-0.2, -0.15) is 4.98 Å². The van der Waals surface area contributed by atoms with E-state index in [1.54, 1.807) is 36.2 Å². The average Bonchev–Trinajstić information content (AvgIpc) is 3.06. The topological polar surface area (TPSA) is 80.5 Å². The zero-order valence-corrected chi connectivity index (χ0v) is 15.4. The number of carbonyl (C=O) groups is 1. The Hall–Kier alpha value is -2.28. The number of hydrogen-bond donors (Lipinski definition) is 1. The SMILES string of the molecule is CC[C@H](C)NC(=O)N(C)CCc1noc(COc2ccc(Cl)cc2)n1. The van der Waals surface area contributed by atoms with Crippen LogP contribution in [0.15, 0.2) is 28.8 Å². The van der Waals surface area contributed by atoms with Gasteiger partial charge in [-0.15, -0.1) is 0 Å². The molecule has 0 unspecified atom stereocenters. The molecule has 2 aromatic rings. The molecule has 136 valence electrons. The maximum atomic E-state index is 11.9. The lowest BCUT2D eigenvalue weighted by atomic mass is 10.3. The van der Waals surface area contributed by atoms with Crippen molar-refractivity contribution in [3.05, 3.63) is 41.0 Å². The third kappa shape index (κ3) is 6.26. The molecule has 1 N–H and O–H groups in total. The number of likely N-dealkylation sites (N-methyl/N-ethyl adjacent to an activating group) is 1. The Labute approximate surface area is 152 Å². The van der Waals surface area contributed by atoms with E-state index in [1.165, 1.54) is 0 Å². The third-order valence-electron chi connectivity index (χ3n) is 3.69. The minimum Gasteiger partial charge on any atom is -0.484 e. The molecule has 1 heterocycles. The molecule has 0 spiro atoms. The Morgan fingerprint density at radius 3 is 2.80 bits per heavy atom. The molecule has 25 heavy (non-hydrogen) atoms. The Bertz CT molecular complexity index is 675. The summed E-state index contributed by atoms with van der Waals surface area (Å²) in [5, 5.41) is 7.46. The number of rotatable bonds is 8. The first-order valence-electron chi connectivity index (χ1n) is 8.19. The molecule has 1 aromatic heterocycles. The van der Waals surface area contributed by atoms with Gasteiger partial charge in [0.2, 0.25) is 0 Å². The van der Waals surface area contributed by atoms with E-state index in [1.807, 2.05) is 13.8 Å². The van der Waals surface area contributed by atoms with Crippen molar-refractivity contribution in [2.24, 2.45) is 0 Å². The van der Waals surface area contributed by atoms with Crippen LogP contribution in [0.1, 0.15) is 32.0 Å². The normalized spacial score (nSPS) is 11.8. The first-order valence-corrected chi connectivity index (χ1v) is 8.57. The first-order chi connectivity index (χ1) is 12.0. The van der Waals surface area contributed by atoms with Gasteiger partial charge in [-0.1, -0.05) is 23.7 Å². The molecule has 0 saturated heterocycles. The largest absolute Gasteiger partial charge is 0.484 e. The van der Waals surface area contributed by atoms with Crippen LogP contribution in [-0.4, -0.2) is 40.7 Å². The predicted molar refractivity (Wildman–Crippen MR) is 94.7 cm³/mol. The summed E-state index contributed by atoms with van der Waals surface area (Å²) in [4.78, 5) is 17.8. The second kappa shape index (κ2) is 9.27. The second-order valence-electron chi connectivity index (χ2n) is 5.78. The van der Waals surface area contributed by atoms with Crippen LogP contribution >= 0.6 is 11.6 Å². The van der Waals surface area contributed by atoms with Gasteiger partial charge in [0, 0.05) is 31.1 Å². The third-order valence-corrected chi connectivity index (χ3v) is 3.94. The molecule has 2 rings (SSSR count). The lowest BCUT2D eigenvalue weighted by Gasteiger charge is -2.20. The Balaban J connectivity index is 1.77. The van der Waals surface area contributed by atoms with Crippen LogP contribution in [0.5, 0.6) is 5.75 Å². The van der Waals surface area contributed by atoms with Crippen LogP contribution in [0.3, 0.4) is 0 Å². The molecule has 7 nitrogen and oxygen atoms in total. The number of hydrogen-bond acceptors (Lipinski definition) is 5. The van der Waals surface area contributed by atoms with Gasteiger partial charge in [0.1, 0.15) is 5.75 Å². The quantitative estimate of drug-likeness (QED) is 0.775. The summed E-state index contributed by atoms with van der Waals surface area (Å²) in [5.74, 6) is 1.60. The van der Waals surface area contributed by atoms with Crippen molar-refractivity contribution in [1.82, 2.24) is 20.4 Å². The molecule has 2 amide bonds. The predicted octanol–water partition coefficient (Wildman–Crippen LogP) is 3.28. The van der Waals surface area contributed by atoms with Gasteiger partial charge < -0.3 is 19.5 Å². The van der Waals surface area contributed by atoms with Crippen molar-refractivity contribution >= 4 is 17.6 Å². The first kappa shape index (κ1) is 19.1. The summed E-state index contributed by atoms with van der Waals surface area (Å²) >= 11 is 5.82. The van der Waals surface area contributed by atoms with E-state index in [2.05, 4.69) is 15.5 Å². The number of aromatic nitrogens is 2. The molecular weight excluding hydrogens is 344 g/mol. The standard InChI is InChI=1S/C17H23ClN4O3/c1-4-12(2)19-17(23)22(3)10-9-15-20-16(25-21-15)11-24-14-7-5-13(18)6-8-14/h5-8,12H,4,9-11H2,1-3H3,(H,19,23)/t12-/m0/s1. The average molecular weight is 367 g/mol. The number of halogens is 1. The minimum absolute atomic E-state index is 0.107. The molecule has 8 heteroatoms. The Kier molecular flexibility index (Phi) is 7.06. The van der Waals surface area contributed by atoms with Crippen LogP contribution in [0.25, 0.3) is 0 Å². The van der Waals surface area contributed by atoms with Crippen molar-refractivity contribution in [2.75, 3.05) is 13.6 Å². The summed E-state index contributed by atoms with van der Waals surface area (Å²) in [6.07, 6.45) is 1.40. The molecule has 0 aliphatic heterocycles. The summed E-state index contributed by atoms with van der Waals surface area (Å²) in [7, 11) is 1.74. The van der Waals surface area contributed by atoms with E-state index >= 15 is 0 Å². The molecule has 0 radical (unpaired) electrons. The molecule has 0 saturated carbocycles. The lowest BCUT2D eigenvalue weighted by molar-refractivity contribution is 0.205. The van der Waals surface area contributed by atoms with E-state index in [-0.39, 0.29) is 18.7 Å². The maximum absolute atomic E-state index is 11.9. The number of nitrogens with zero attached hydrogens (tertiary/aromatic N) is 3. The summed E-state index contributed by atoms with van der Waals surface area (Å²) in [6, 6.07) is 7.07. The van der Waals surface area contributed by atoms with E-state index < -0.39 is 0 Å². The van der Waals surface area contributed by atoms with E-state index in [0.29, 0.717) is 35.5 Å². The van der Waals surface area contributed by atoms with Gasteiger partial charge in [0.15, 0.2) is 12.4 Å². The van der Waals surface area contributed by atoms with E-state index in [4.69, 9.17) is 20.9 Å². The summed E-state index contributed by atoms with van der Waals surface area (Å²) < 4.78 is 10.7. The number of benzene rings is 1. The van der Waals surface area contributed by atoms with Crippen LogP contribution in [0, 0.1) is 0 Å². The van der Waals surface area contributed by atoms with Crippen molar-refractivity contribution in [3.8, 4) is 5.75 Å².